The number of benzene rings is 2. The molecule has 0 saturated carbocycles. The van der Waals surface area contributed by atoms with Crippen molar-refractivity contribution in [3.63, 3.8) is 0 Å². The number of esters is 1. The Bertz CT molecular complexity index is 1260. The first-order valence-electron chi connectivity index (χ1n) is 10.1. The quantitative estimate of drug-likeness (QED) is 0.215. The van der Waals surface area contributed by atoms with Crippen LogP contribution >= 0.6 is 28.1 Å². The van der Waals surface area contributed by atoms with Crippen LogP contribution in [-0.2, 0) is 19.1 Å². The maximum Gasteiger partial charge on any atom is 0.343 e. The molecule has 0 spiro atoms. The third-order valence-electron chi connectivity index (χ3n) is 4.66. The second kappa shape index (κ2) is 11.1. The van der Waals surface area contributed by atoms with Crippen LogP contribution in [0.1, 0.15) is 22.8 Å². The van der Waals surface area contributed by atoms with Crippen molar-refractivity contribution >= 4 is 68.8 Å². The van der Waals surface area contributed by atoms with Gasteiger partial charge in [0, 0.05) is 0 Å². The first-order chi connectivity index (χ1) is 16.7. The number of nitrogens with zero attached hydrogens (tertiary/aromatic N) is 1. The SMILES string of the molecule is CCOc1cc(C=C2C(=O)NC(=S)N(c3cccc(C(=O)O)c3)C2=O)cc(Br)c1OCC(=O)OC. The third kappa shape index (κ3) is 5.84. The number of aromatic carboxylic acids is 1. The number of carbonyl (C=O) groups is 4. The lowest BCUT2D eigenvalue weighted by Gasteiger charge is -2.29. The van der Waals surface area contributed by atoms with E-state index in [1.165, 1.54) is 43.5 Å². The van der Waals surface area contributed by atoms with Crippen molar-refractivity contribution < 1.29 is 38.5 Å². The molecule has 2 N–H and O–H groups in total. The van der Waals surface area contributed by atoms with Crippen LogP contribution in [0.4, 0.5) is 5.69 Å². The second-order valence-electron chi connectivity index (χ2n) is 6.94. The van der Waals surface area contributed by atoms with Gasteiger partial charge in [0.2, 0.25) is 0 Å². The highest BCUT2D eigenvalue weighted by atomic mass is 79.9. The molecule has 3 rings (SSSR count). The Hall–Kier alpha value is -3.77. The Labute approximate surface area is 213 Å². The number of methoxy groups -OCH3 is 1. The monoisotopic (exact) mass is 562 g/mol. The summed E-state index contributed by atoms with van der Waals surface area (Å²) >= 11 is 8.52. The number of amides is 2. The second-order valence-corrected chi connectivity index (χ2v) is 8.18. The Morgan fingerprint density at radius 2 is 1.94 bits per heavy atom. The summed E-state index contributed by atoms with van der Waals surface area (Å²) in [6.07, 6.45) is 1.34. The number of anilines is 1. The zero-order chi connectivity index (χ0) is 25.7. The Morgan fingerprint density at radius 3 is 2.60 bits per heavy atom. The van der Waals surface area contributed by atoms with Crippen molar-refractivity contribution in [1.29, 1.82) is 0 Å². The van der Waals surface area contributed by atoms with Gasteiger partial charge in [0.25, 0.3) is 11.8 Å². The van der Waals surface area contributed by atoms with E-state index in [2.05, 4.69) is 26.0 Å². The molecule has 10 nitrogen and oxygen atoms in total. The van der Waals surface area contributed by atoms with Gasteiger partial charge in [-0.2, -0.15) is 0 Å². The maximum atomic E-state index is 13.2. The topological polar surface area (TPSA) is 131 Å². The Kier molecular flexibility index (Phi) is 8.20. The number of rotatable bonds is 8. The number of nitrogens with one attached hydrogen (secondary N) is 1. The molecule has 1 fully saturated rings. The highest BCUT2D eigenvalue weighted by Crippen LogP contribution is 2.38. The van der Waals surface area contributed by atoms with E-state index in [0.717, 1.165) is 4.90 Å². The van der Waals surface area contributed by atoms with Gasteiger partial charge >= 0.3 is 11.9 Å². The zero-order valence-corrected chi connectivity index (χ0v) is 20.9. The average Bonchev–Trinajstić information content (AvgIpc) is 2.81. The number of carboxylic acids is 1. The van der Waals surface area contributed by atoms with Gasteiger partial charge in [0.05, 0.1) is 29.4 Å². The maximum absolute atomic E-state index is 13.2. The van der Waals surface area contributed by atoms with E-state index in [-0.39, 0.29) is 46.6 Å². The molecule has 0 radical (unpaired) electrons. The molecule has 0 bridgehead atoms. The van der Waals surface area contributed by atoms with Crippen molar-refractivity contribution in [2.75, 3.05) is 25.2 Å². The van der Waals surface area contributed by atoms with Crippen LogP contribution in [-0.4, -0.2) is 54.3 Å². The molecule has 182 valence electrons. The Balaban J connectivity index is 2.00. The minimum Gasteiger partial charge on any atom is -0.490 e. The highest BCUT2D eigenvalue weighted by molar-refractivity contribution is 9.10. The molecule has 2 aromatic rings. The number of carbonyl (C=O) groups excluding carboxylic acids is 3. The molecule has 0 unspecified atom stereocenters. The molecule has 0 atom stereocenters. The average molecular weight is 563 g/mol. The van der Waals surface area contributed by atoms with Crippen molar-refractivity contribution in [2.45, 2.75) is 6.92 Å². The molecule has 1 aliphatic rings. The number of ether oxygens (including phenoxy) is 3. The number of hydrogen-bond acceptors (Lipinski definition) is 8. The van der Waals surface area contributed by atoms with Crippen LogP contribution in [0.25, 0.3) is 6.08 Å². The third-order valence-corrected chi connectivity index (χ3v) is 5.53. The molecule has 12 heteroatoms. The normalized spacial score (nSPS) is 14.5. The summed E-state index contributed by atoms with van der Waals surface area (Å²) in [6, 6.07) is 8.73. The van der Waals surface area contributed by atoms with E-state index >= 15 is 0 Å². The molecule has 0 aliphatic carbocycles. The fourth-order valence-corrected chi connectivity index (χ4v) is 3.96. The van der Waals surface area contributed by atoms with Crippen LogP contribution in [0.3, 0.4) is 0 Å². The van der Waals surface area contributed by atoms with Crippen LogP contribution < -0.4 is 19.7 Å². The summed E-state index contributed by atoms with van der Waals surface area (Å²) in [4.78, 5) is 49.7. The van der Waals surface area contributed by atoms with Gasteiger partial charge in [-0.25, -0.2) is 9.59 Å². The lowest BCUT2D eigenvalue weighted by Crippen LogP contribution is -2.54. The summed E-state index contributed by atoms with van der Waals surface area (Å²) in [5, 5.41) is 11.5. The van der Waals surface area contributed by atoms with Gasteiger partial charge in [-0.05, 0) is 77.0 Å². The smallest absolute Gasteiger partial charge is 0.343 e. The fourth-order valence-electron chi connectivity index (χ4n) is 3.10. The summed E-state index contributed by atoms with van der Waals surface area (Å²) in [7, 11) is 1.23. The van der Waals surface area contributed by atoms with Crippen molar-refractivity contribution in [2.24, 2.45) is 0 Å². The highest BCUT2D eigenvalue weighted by Gasteiger charge is 2.35. The van der Waals surface area contributed by atoms with Crippen LogP contribution in [0, 0.1) is 0 Å². The van der Waals surface area contributed by atoms with Gasteiger partial charge in [0.15, 0.2) is 23.2 Å². The molecule has 2 aromatic carbocycles. The number of thiocarbonyl (C=S) groups is 1. The van der Waals surface area contributed by atoms with E-state index in [4.69, 9.17) is 21.7 Å². The van der Waals surface area contributed by atoms with Crippen molar-refractivity contribution in [3.05, 3.63) is 57.6 Å². The van der Waals surface area contributed by atoms with E-state index < -0.39 is 23.8 Å². The van der Waals surface area contributed by atoms with Crippen molar-refractivity contribution in [1.82, 2.24) is 5.32 Å². The van der Waals surface area contributed by atoms with E-state index in [1.54, 1.807) is 13.0 Å². The molecule has 2 amide bonds. The van der Waals surface area contributed by atoms with Gasteiger partial charge < -0.3 is 19.3 Å². The molecular weight excluding hydrogens is 544 g/mol. The summed E-state index contributed by atoms with van der Waals surface area (Å²) < 4.78 is 16.1. The molecular formula is C23H19BrN2O8S. The summed E-state index contributed by atoms with van der Waals surface area (Å²) in [6.45, 7) is 1.69. The molecule has 1 heterocycles. The number of hydrogen-bond donors (Lipinski definition) is 2. The van der Waals surface area contributed by atoms with Gasteiger partial charge in [0.1, 0.15) is 5.57 Å². The molecule has 1 aliphatic heterocycles. The number of halogens is 1. The van der Waals surface area contributed by atoms with Crippen molar-refractivity contribution in [3.8, 4) is 11.5 Å². The Morgan fingerprint density at radius 1 is 1.20 bits per heavy atom. The first-order valence-corrected chi connectivity index (χ1v) is 11.3. The van der Waals surface area contributed by atoms with Crippen LogP contribution in [0.2, 0.25) is 0 Å². The van der Waals surface area contributed by atoms with Crippen LogP contribution in [0.5, 0.6) is 11.5 Å². The van der Waals surface area contributed by atoms with Gasteiger partial charge in [-0.15, -0.1) is 0 Å². The lowest BCUT2D eigenvalue weighted by atomic mass is 10.1. The largest absolute Gasteiger partial charge is 0.490 e. The molecule has 1 saturated heterocycles. The van der Waals surface area contributed by atoms with Crippen LogP contribution in [0.15, 0.2) is 46.4 Å². The minimum atomic E-state index is -1.18. The summed E-state index contributed by atoms with van der Waals surface area (Å²) in [5.41, 5.74) is 0.315. The first kappa shape index (κ1) is 25.8. The lowest BCUT2D eigenvalue weighted by molar-refractivity contribution is -0.143. The van der Waals surface area contributed by atoms with E-state index in [9.17, 15) is 24.3 Å². The zero-order valence-electron chi connectivity index (χ0n) is 18.5. The predicted octanol–water partition coefficient (Wildman–Crippen LogP) is 2.93. The van der Waals surface area contributed by atoms with Gasteiger partial charge in [-0.1, -0.05) is 6.07 Å². The van der Waals surface area contributed by atoms with E-state index in [1.807, 2.05) is 0 Å². The molecule has 0 aromatic heterocycles. The standard InChI is InChI=1S/C23H19BrN2O8S/c1-3-33-17-9-12(8-16(24)19(17)34-11-18(27)32-2)7-15-20(28)25-23(35)26(21(15)29)14-6-4-5-13(10-14)22(30)31/h4-10H,3,11H2,1-2H3,(H,30,31)(H,25,28,35). The summed E-state index contributed by atoms with van der Waals surface area (Å²) in [5.74, 6) is -2.70. The minimum absolute atomic E-state index is 0.0478. The van der Waals surface area contributed by atoms with E-state index in [0.29, 0.717) is 10.0 Å². The van der Waals surface area contributed by atoms with Gasteiger partial charge in [-0.3, -0.25) is 19.8 Å². The number of carboxylic acid groups (broad SMARTS) is 1. The predicted molar refractivity (Wildman–Crippen MR) is 132 cm³/mol. The molecule has 35 heavy (non-hydrogen) atoms. The fraction of sp³-hybridized carbons (Fsp3) is 0.174.